The topological polar surface area (TPSA) is 0 Å². The second-order valence-corrected chi connectivity index (χ2v) is 19.2. The Morgan fingerprint density at radius 2 is 1.95 bits per heavy atom. The molecule has 0 aromatic rings. The van der Waals surface area contributed by atoms with Crippen molar-refractivity contribution in [1.82, 2.24) is 0 Å². The third-order valence-corrected chi connectivity index (χ3v) is 11.7. The van der Waals surface area contributed by atoms with Crippen molar-refractivity contribution in [2.75, 3.05) is 0 Å². The Morgan fingerprint density at radius 1 is 1.20 bits per heavy atom. The standard InChI is InChI=1S/C8H8S.C5H5.C2H6Si.2ClH.Zr/c1-6-5-7-3-2-4-8(7)9-6;1-2-4-5-3-1;1-3-2;;;/h2-5,7H,1H3;1-3H,4H2;1-2H3;2*1H;/q;;;;;+2/p-2. The van der Waals surface area contributed by atoms with E-state index in [1.807, 2.05) is 11.8 Å². The zero-order valence-electron chi connectivity index (χ0n) is 12.0. The van der Waals surface area contributed by atoms with Crippen molar-refractivity contribution in [3.8, 4) is 0 Å². The van der Waals surface area contributed by atoms with Crippen LogP contribution in [0.4, 0.5) is 0 Å². The second-order valence-electron chi connectivity index (χ2n) is 4.81. The molecule has 1 aliphatic heterocycles. The van der Waals surface area contributed by atoms with Crippen molar-refractivity contribution < 1.29 is 47.2 Å². The van der Waals surface area contributed by atoms with E-state index in [0.717, 1.165) is 0 Å². The minimum absolute atomic E-state index is 0. The molecule has 0 aromatic heterocycles. The summed E-state index contributed by atoms with van der Waals surface area (Å²) in [7, 11) is 0. The minimum Gasteiger partial charge on any atom is -1.00 e. The summed E-state index contributed by atoms with van der Waals surface area (Å²) in [6.07, 6.45) is 17.0. The van der Waals surface area contributed by atoms with E-state index in [4.69, 9.17) is 0 Å². The van der Waals surface area contributed by atoms with E-state index in [1.165, 1.54) is 16.2 Å². The average Bonchev–Trinajstić information content (AvgIpc) is 2.94. The predicted octanol–water partition coefficient (Wildman–Crippen LogP) is -1.12. The van der Waals surface area contributed by atoms with Crippen LogP contribution in [-0.4, -0.2) is 5.92 Å². The molecule has 5 heteroatoms. The molecule has 0 N–H and O–H groups in total. The van der Waals surface area contributed by atoms with E-state index in [0.29, 0.717) is 5.92 Å². The fraction of sp³-hybridized carbons (Fsp3) is 0.333. The first kappa shape index (κ1) is 20.7. The van der Waals surface area contributed by atoms with Gasteiger partial charge in [0, 0.05) is 10.8 Å². The molecule has 1 unspecified atom stereocenters. The molecule has 1 atom stereocenters. The molecule has 0 aromatic carbocycles. The van der Waals surface area contributed by atoms with Crippen molar-refractivity contribution in [2.24, 2.45) is 5.92 Å². The molecule has 3 aliphatic rings. The van der Waals surface area contributed by atoms with Gasteiger partial charge in [-0.1, -0.05) is 36.1 Å². The molecule has 2 aliphatic carbocycles. The molecule has 20 heavy (non-hydrogen) atoms. The molecular formula is C15H19Cl2SSiZr. The molecule has 3 rings (SSSR count). The van der Waals surface area contributed by atoms with Crippen molar-refractivity contribution in [1.29, 1.82) is 0 Å². The maximum absolute atomic E-state index is 2.44. The SMILES string of the molecule is CC1=CC2C=CC=C2S1.C[Si](C)[Zr+2][C]1=CC=CC1.[Cl-].[Cl-]. The first-order valence-corrected chi connectivity index (χ1v) is 14.6. The predicted molar refractivity (Wildman–Crippen MR) is 81.4 cm³/mol. The zero-order valence-corrected chi connectivity index (χ0v) is 17.8. The zero-order chi connectivity index (χ0) is 13.0. The Kier molecular flexibility index (Phi) is 10.8. The van der Waals surface area contributed by atoms with Gasteiger partial charge in [0.1, 0.15) is 0 Å². The second kappa shape index (κ2) is 10.5. The van der Waals surface area contributed by atoms with Gasteiger partial charge in [0.15, 0.2) is 0 Å². The first-order valence-electron chi connectivity index (χ1n) is 6.32. The molecule has 1 radical (unpaired) electrons. The number of hydrogen-bond acceptors (Lipinski definition) is 1. The average molecular weight is 422 g/mol. The Hall–Kier alpha value is 0.730. The van der Waals surface area contributed by atoms with Crippen LogP contribution in [0.15, 0.2) is 55.6 Å². The third kappa shape index (κ3) is 6.66. The van der Waals surface area contributed by atoms with Gasteiger partial charge in [0.25, 0.3) is 0 Å². The van der Waals surface area contributed by atoms with Crippen LogP contribution in [0.25, 0.3) is 0 Å². The maximum atomic E-state index is 2.44. The van der Waals surface area contributed by atoms with Gasteiger partial charge in [-0.15, -0.1) is 0 Å². The van der Waals surface area contributed by atoms with Gasteiger partial charge in [-0.25, -0.2) is 0 Å². The monoisotopic (exact) mass is 419 g/mol. The molecule has 0 fully saturated rings. The van der Waals surface area contributed by atoms with E-state index in [2.05, 4.69) is 62.5 Å². The molecule has 0 spiro atoms. The fourth-order valence-corrected chi connectivity index (χ4v) is 10.5. The Morgan fingerprint density at radius 3 is 2.50 bits per heavy atom. The van der Waals surface area contributed by atoms with Crippen LogP contribution in [0.5, 0.6) is 0 Å². The summed E-state index contributed by atoms with van der Waals surface area (Å²) in [4.78, 5) is 2.93. The van der Waals surface area contributed by atoms with E-state index < -0.39 is 0 Å². The van der Waals surface area contributed by atoms with Crippen molar-refractivity contribution >= 4 is 17.7 Å². The number of hydrogen-bond donors (Lipinski definition) is 0. The van der Waals surface area contributed by atoms with Crippen molar-refractivity contribution in [2.45, 2.75) is 26.4 Å². The number of rotatable bonds is 2. The van der Waals surface area contributed by atoms with Crippen LogP contribution >= 0.6 is 11.8 Å². The summed E-state index contributed by atoms with van der Waals surface area (Å²) in [6.45, 7) is 7.05. The van der Waals surface area contributed by atoms with E-state index in [1.54, 1.807) is 3.28 Å². The summed E-state index contributed by atoms with van der Waals surface area (Å²) in [5.41, 5.74) is 0. The minimum atomic E-state index is -0.0345. The molecule has 0 nitrogen and oxygen atoms in total. The smallest absolute Gasteiger partial charge is 1.00 e. The van der Waals surface area contributed by atoms with Crippen LogP contribution in [0.3, 0.4) is 0 Å². The third-order valence-electron chi connectivity index (χ3n) is 2.78. The van der Waals surface area contributed by atoms with Gasteiger partial charge in [-0.2, -0.15) is 0 Å². The van der Waals surface area contributed by atoms with Gasteiger partial charge in [-0.3, -0.25) is 0 Å². The van der Waals surface area contributed by atoms with E-state index in [9.17, 15) is 0 Å². The number of fused-ring (bicyclic) bond motifs is 1. The Labute approximate surface area is 151 Å². The Balaban J connectivity index is 0.000000328. The summed E-state index contributed by atoms with van der Waals surface area (Å²) in [5.74, 6) is 0.778. The molecule has 0 amide bonds. The molecule has 0 bridgehead atoms. The Bertz CT molecular complexity index is 464. The van der Waals surface area contributed by atoms with Crippen LogP contribution in [0, 0.1) is 5.92 Å². The number of allylic oxidation sites excluding steroid dienone is 10. The molecular weight excluding hydrogens is 402 g/mol. The fourth-order valence-electron chi connectivity index (χ4n) is 2.05. The van der Waals surface area contributed by atoms with E-state index in [-0.39, 0.29) is 53.1 Å². The van der Waals surface area contributed by atoms with Crippen molar-refractivity contribution in [3.63, 3.8) is 0 Å². The summed E-state index contributed by atoms with van der Waals surface area (Å²) in [5, 5.41) is 0. The summed E-state index contributed by atoms with van der Waals surface area (Å²) in [6, 6.07) is 0. The van der Waals surface area contributed by atoms with Gasteiger partial charge in [0.2, 0.25) is 0 Å². The molecule has 0 saturated carbocycles. The van der Waals surface area contributed by atoms with Gasteiger partial charge in [0.05, 0.1) is 0 Å². The molecule has 1 heterocycles. The van der Waals surface area contributed by atoms with Crippen LogP contribution in [0.2, 0.25) is 13.1 Å². The quantitative estimate of drug-likeness (QED) is 0.509. The largest absolute Gasteiger partial charge is 1.00 e. The van der Waals surface area contributed by atoms with Gasteiger partial charge < -0.3 is 24.8 Å². The summed E-state index contributed by atoms with van der Waals surface area (Å²) >= 11 is 1.86. The van der Waals surface area contributed by atoms with Crippen LogP contribution in [-0.2, 0) is 22.4 Å². The molecule has 0 saturated heterocycles. The number of thioether (sulfide) groups is 1. The van der Waals surface area contributed by atoms with Crippen LogP contribution < -0.4 is 24.8 Å². The van der Waals surface area contributed by atoms with Gasteiger partial charge >= 0.3 is 69.3 Å². The van der Waals surface area contributed by atoms with E-state index >= 15 is 0 Å². The van der Waals surface area contributed by atoms with Gasteiger partial charge in [-0.05, 0) is 11.8 Å². The summed E-state index contributed by atoms with van der Waals surface area (Å²) < 4.78 is 1.80. The normalized spacial score (nSPS) is 20.8. The van der Waals surface area contributed by atoms with Crippen molar-refractivity contribution in [3.05, 3.63) is 55.6 Å². The first-order chi connectivity index (χ1) is 8.65. The molecule has 107 valence electrons. The van der Waals surface area contributed by atoms with Crippen LogP contribution in [0.1, 0.15) is 13.3 Å². The number of halogens is 2. The maximum Gasteiger partial charge on any atom is -1.00 e.